The largest absolute Gasteiger partial charge is 0.298 e. The molecule has 1 aromatic heterocycles. The molecule has 0 saturated carbocycles. The van der Waals surface area contributed by atoms with E-state index in [1.165, 1.54) is 42.6 Å². The molecule has 2 rings (SSSR count). The van der Waals surface area contributed by atoms with E-state index >= 15 is 0 Å². The molecule has 1 amide bonds. The van der Waals surface area contributed by atoms with Crippen molar-refractivity contribution in [1.82, 2.24) is 9.71 Å². The third-order valence-electron chi connectivity index (χ3n) is 2.54. The molecule has 106 valence electrons. The van der Waals surface area contributed by atoms with Crippen LogP contribution < -0.4 is 10.0 Å². The molecule has 0 saturated heterocycles. The third-order valence-corrected chi connectivity index (χ3v) is 4.84. The van der Waals surface area contributed by atoms with Crippen molar-refractivity contribution in [2.75, 3.05) is 12.4 Å². The number of carbonyl (C=O) groups is 1. The van der Waals surface area contributed by atoms with E-state index in [1.54, 1.807) is 0 Å². The monoisotopic (exact) mass is 311 g/mol. The van der Waals surface area contributed by atoms with Gasteiger partial charge in [0.25, 0.3) is 5.91 Å². The molecule has 1 aromatic carbocycles. The Morgan fingerprint density at radius 1 is 1.25 bits per heavy atom. The summed E-state index contributed by atoms with van der Waals surface area (Å²) in [6.45, 7) is 1.84. The number of thiazole rings is 1. The zero-order valence-electron chi connectivity index (χ0n) is 10.9. The second-order valence-electron chi connectivity index (χ2n) is 3.98. The summed E-state index contributed by atoms with van der Waals surface area (Å²) in [7, 11) is -2.15. The predicted octanol–water partition coefficient (Wildman–Crippen LogP) is 1.61. The fourth-order valence-electron chi connectivity index (χ4n) is 1.48. The van der Waals surface area contributed by atoms with Gasteiger partial charge >= 0.3 is 0 Å². The normalized spacial score (nSPS) is 11.3. The predicted molar refractivity (Wildman–Crippen MR) is 77.5 cm³/mol. The Morgan fingerprint density at radius 2 is 1.90 bits per heavy atom. The Balaban J connectivity index is 2.16. The van der Waals surface area contributed by atoms with Crippen LogP contribution in [0.25, 0.3) is 0 Å². The topological polar surface area (TPSA) is 88.2 Å². The number of amides is 1. The number of aryl methyl sites for hydroxylation is 1. The van der Waals surface area contributed by atoms with Crippen LogP contribution in [0, 0.1) is 6.92 Å². The molecular formula is C12H13N3O3S2. The lowest BCUT2D eigenvalue weighted by atomic mass is 10.2. The average molecular weight is 311 g/mol. The van der Waals surface area contributed by atoms with E-state index in [0.717, 1.165) is 5.69 Å². The number of sulfonamides is 1. The molecule has 0 fully saturated rings. The molecule has 2 aromatic rings. The fourth-order valence-corrected chi connectivity index (χ4v) is 2.90. The van der Waals surface area contributed by atoms with Gasteiger partial charge in [0.2, 0.25) is 10.0 Å². The second-order valence-corrected chi connectivity index (χ2v) is 6.72. The van der Waals surface area contributed by atoms with E-state index in [1.807, 2.05) is 12.3 Å². The Bertz CT molecular complexity index is 721. The number of nitrogens with one attached hydrogen (secondary N) is 2. The van der Waals surface area contributed by atoms with Crippen LogP contribution in [-0.4, -0.2) is 26.4 Å². The molecule has 0 spiro atoms. The zero-order valence-corrected chi connectivity index (χ0v) is 12.5. The van der Waals surface area contributed by atoms with Crippen LogP contribution in [-0.2, 0) is 10.0 Å². The molecule has 8 heteroatoms. The standard InChI is InChI=1S/C12H13N3O3S2/c1-8-7-19-12(14-8)15-11(16)9-3-5-10(6-4-9)20(17,18)13-2/h3-7,13H,1-2H3,(H,14,15,16). The number of benzene rings is 1. The van der Waals surface area contributed by atoms with Crippen LogP contribution in [0.4, 0.5) is 5.13 Å². The minimum absolute atomic E-state index is 0.113. The summed E-state index contributed by atoms with van der Waals surface area (Å²) >= 11 is 1.33. The molecule has 0 aliphatic heterocycles. The van der Waals surface area contributed by atoms with Crippen molar-refractivity contribution in [3.05, 3.63) is 40.9 Å². The highest BCUT2D eigenvalue weighted by Crippen LogP contribution is 2.16. The summed E-state index contributed by atoms with van der Waals surface area (Å²) in [5.41, 5.74) is 1.20. The number of nitrogens with zero attached hydrogens (tertiary/aromatic N) is 1. The summed E-state index contributed by atoms with van der Waals surface area (Å²) < 4.78 is 25.3. The highest BCUT2D eigenvalue weighted by atomic mass is 32.2. The van der Waals surface area contributed by atoms with Crippen molar-refractivity contribution in [3.63, 3.8) is 0 Å². The molecule has 6 nitrogen and oxygen atoms in total. The second kappa shape index (κ2) is 5.70. The fraction of sp³-hybridized carbons (Fsp3) is 0.167. The number of hydrogen-bond acceptors (Lipinski definition) is 5. The Kier molecular flexibility index (Phi) is 4.17. The first-order chi connectivity index (χ1) is 9.42. The van der Waals surface area contributed by atoms with Gasteiger partial charge in [-0.1, -0.05) is 0 Å². The lowest BCUT2D eigenvalue weighted by molar-refractivity contribution is 0.102. The molecule has 0 bridgehead atoms. The highest BCUT2D eigenvalue weighted by Gasteiger charge is 2.13. The number of anilines is 1. The first-order valence-electron chi connectivity index (χ1n) is 5.69. The van der Waals surface area contributed by atoms with Crippen LogP contribution in [0.15, 0.2) is 34.5 Å². The van der Waals surface area contributed by atoms with Gasteiger partial charge in [0.15, 0.2) is 5.13 Å². The summed E-state index contributed by atoms with van der Waals surface area (Å²) in [6.07, 6.45) is 0. The maximum Gasteiger partial charge on any atom is 0.257 e. The molecule has 0 radical (unpaired) electrons. The maximum absolute atomic E-state index is 11.9. The molecule has 0 aliphatic carbocycles. The van der Waals surface area contributed by atoms with Gasteiger partial charge in [0.1, 0.15) is 0 Å². The smallest absolute Gasteiger partial charge is 0.257 e. The van der Waals surface area contributed by atoms with E-state index in [0.29, 0.717) is 10.7 Å². The first kappa shape index (κ1) is 14.6. The van der Waals surface area contributed by atoms with E-state index in [-0.39, 0.29) is 10.8 Å². The molecule has 0 atom stereocenters. The van der Waals surface area contributed by atoms with Gasteiger partial charge in [0, 0.05) is 10.9 Å². The number of rotatable bonds is 4. The minimum atomic E-state index is -3.49. The number of carbonyl (C=O) groups excluding carboxylic acids is 1. The minimum Gasteiger partial charge on any atom is -0.298 e. The Labute approximate surface area is 120 Å². The summed E-state index contributed by atoms with van der Waals surface area (Å²) in [4.78, 5) is 16.2. The van der Waals surface area contributed by atoms with Crippen molar-refractivity contribution >= 4 is 32.4 Å². The average Bonchev–Trinajstić information content (AvgIpc) is 2.84. The van der Waals surface area contributed by atoms with E-state index in [9.17, 15) is 13.2 Å². The maximum atomic E-state index is 11.9. The van der Waals surface area contributed by atoms with Crippen molar-refractivity contribution in [1.29, 1.82) is 0 Å². The van der Waals surface area contributed by atoms with Crippen LogP contribution in [0.5, 0.6) is 0 Å². The Hall–Kier alpha value is -1.77. The van der Waals surface area contributed by atoms with Gasteiger partial charge in [-0.3, -0.25) is 10.1 Å². The number of hydrogen-bond donors (Lipinski definition) is 2. The zero-order chi connectivity index (χ0) is 14.8. The van der Waals surface area contributed by atoms with Gasteiger partial charge in [-0.25, -0.2) is 18.1 Å². The lowest BCUT2D eigenvalue weighted by Crippen LogP contribution is -2.19. The van der Waals surface area contributed by atoms with Crippen molar-refractivity contribution in [3.8, 4) is 0 Å². The quantitative estimate of drug-likeness (QED) is 0.898. The van der Waals surface area contributed by atoms with E-state index in [4.69, 9.17) is 0 Å². The molecule has 1 heterocycles. The van der Waals surface area contributed by atoms with Gasteiger partial charge in [-0.05, 0) is 38.2 Å². The van der Waals surface area contributed by atoms with Crippen LogP contribution >= 0.6 is 11.3 Å². The summed E-state index contributed by atoms with van der Waals surface area (Å²) in [6, 6.07) is 5.68. The number of aromatic nitrogens is 1. The molecule has 0 aliphatic rings. The van der Waals surface area contributed by atoms with Crippen LogP contribution in [0.2, 0.25) is 0 Å². The molecular weight excluding hydrogens is 298 g/mol. The van der Waals surface area contributed by atoms with Crippen molar-refractivity contribution in [2.45, 2.75) is 11.8 Å². The summed E-state index contributed by atoms with van der Waals surface area (Å²) in [5, 5.41) is 5.00. The lowest BCUT2D eigenvalue weighted by Gasteiger charge is -2.04. The van der Waals surface area contributed by atoms with Gasteiger partial charge in [-0.15, -0.1) is 11.3 Å². The van der Waals surface area contributed by atoms with Crippen molar-refractivity contribution < 1.29 is 13.2 Å². The van der Waals surface area contributed by atoms with Crippen LogP contribution in [0.1, 0.15) is 16.1 Å². The molecule has 2 N–H and O–H groups in total. The third kappa shape index (κ3) is 3.21. The van der Waals surface area contributed by atoms with E-state index in [2.05, 4.69) is 15.0 Å². The SMILES string of the molecule is CNS(=O)(=O)c1ccc(C(=O)Nc2nc(C)cs2)cc1. The summed E-state index contributed by atoms with van der Waals surface area (Å²) in [5.74, 6) is -0.326. The van der Waals surface area contributed by atoms with Crippen LogP contribution in [0.3, 0.4) is 0 Å². The van der Waals surface area contributed by atoms with Gasteiger partial charge < -0.3 is 0 Å². The molecule has 0 unspecified atom stereocenters. The van der Waals surface area contributed by atoms with E-state index < -0.39 is 10.0 Å². The Morgan fingerprint density at radius 3 is 2.40 bits per heavy atom. The molecule has 20 heavy (non-hydrogen) atoms. The van der Waals surface area contributed by atoms with Crippen molar-refractivity contribution in [2.24, 2.45) is 0 Å². The highest BCUT2D eigenvalue weighted by molar-refractivity contribution is 7.89. The first-order valence-corrected chi connectivity index (χ1v) is 8.06. The van der Waals surface area contributed by atoms with Gasteiger partial charge in [0.05, 0.1) is 10.6 Å². The van der Waals surface area contributed by atoms with Gasteiger partial charge in [-0.2, -0.15) is 0 Å².